The van der Waals surface area contributed by atoms with Gasteiger partial charge in [-0.3, -0.25) is 0 Å². The molecule has 0 amide bonds. The Kier molecular flexibility index (Phi) is 5.04. The molecule has 6 aromatic carbocycles. The number of hydrogen-bond donors (Lipinski definition) is 0. The van der Waals surface area contributed by atoms with E-state index >= 15 is 0 Å². The number of nitrogens with zero attached hydrogens (tertiary/aromatic N) is 2. The maximum atomic E-state index is 2.41. The fraction of sp³-hybridized carbons (Fsp3) is 0. The molecule has 0 N–H and O–H groups in total. The molecule has 0 atom stereocenters. The normalized spacial score (nSPS) is 11.6. The molecule has 2 nitrogen and oxygen atoms in total. The molecule has 0 spiro atoms. The van der Waals surface area contributed by atoms with Crippen molar-refractivity contribution >= 4 is 70.4 Å². The molecular formula is C36H24N2S. The van der Waals surface area contributed by atoms with Gasteiger partial charge in [-0.15, -0.1) is 11.3 Å². The second kappa shape index (κ2) is 8.87. The van der Waals surface area contributed by atoms with Crippen LogP contribution in [0.1, 0.15) is 0 Å². The van der Waals surface area contributed by atoms with Crippen LogP contribution in [0.25, 0.3) is 47.7 Å². The van der Waals surface area contributed by atoms with Gasteiger partial charge in [0.2, 0.25) is 0 Å². The molecule has 0 aliphatic carbocycles. The third-order valence-electron chi connectivity index (χ3n) is 7.56. The summed E-state index contributed by atoms with van der Waals surface area (Å²) in [5.74, 6) is 0. The Morgan fingerprint density at radius 2 is 1.08 bits per heavy atom. The van der Waals surface area contributed by atoms with Crippen LogP contribution in [-0.2, 0) is 0 Å². The molecule has 39 heavy (non-hydrogen) atoms. The minimum absolute atomic E-state index is 1.14. The number of fused-ring (bicyclic) bond motifs is 7. The average Bonchev–Trinajstić information content (AvgIpc) is 3.54. The third-order valence-corrected chi connectivity index (χ3v) is 8.76. The van der Waals surface area contributed by atoms with E-state index in [0.29, 0.717) is 0 Å². The Labute approximate surface area is 230 Å². The van der Waals surface area contributed by atoms with E-state index in [0.717, 1.165) is 17.1 Å². The van der Waals surface area contributed by atoms with Gasteiger partial charge in [-0.1, -0.05) is 78.9 Å². The third kappa shape index (κ3) is 3.48. The van der Waals surface area contributed by atoms with E-state index in [1.54, 1.807) is 0 Å². The van der Waals surface area contributed by atoms with E-state index < -0.39 is 0 Å². The van der Waals surface area contributed by atoms with Gasteiger partial charge >= 0.3 is 0 Å². The molecule has 0 aliphatic rings. The first-order valence-electron chi connectivity index (χ1n) is 13.2. The highest BCUT2D eigenvalue weighted by Gasteiger charge is 2.20. The van der Waals surface area contributed by atoms with Crippen LogP contribution in [0.4, 0.5) is 17.1 Å². The monoisotopic (exact) mass is 516 g/mol. The smallest absolute Gasteiger partial charge is 0.0555 e. The fourth-order valence-electron chi connectivity index (χ4n) is 5.87. The summed E-state index contributed by atoms with van der Waals surface area (Å²) in [4.78, 5) is 2.34. The van der Waals surface area contributed by atoms with Gasteiger partial charge in [0.15, 0.2) is 0 Å². The van der Waals surface area contributed by atoms with Gasteiger partial charge in [-0.2, -0.15) is 0 Å². The Bertz CT molecular complexity index is 2070. The molecule has 184 valence electrons. The lowest BCUT2D eigenvalue weighted by atomic mass is 10.1. The van der Waals surface area contributed by atoms with E-state index in [-0.39, 0.29) is 0 Å². The number of benzene rings is 6. The molecule has 2 heterocycles. The van der Waals surface area contributed by atoms with Gasteiger partial charge in [0, 0.05) is 53.7 Å². The molecule has 2 aromatic heterocycles. The second-order valence-electron chi connectivity index (χ2n) is 9.81. The molecule has 8 aromatic rings. The first-order valence-corrected chi connectivity index (χ1v) is 14.0. The predicted octanol–water partition coefficient (Wildman–Crippen LogP) is 10.6. The van der Waals surface area contributed by atoms with E-state index in [9.17, 15) is 0 Å². The quantitative estimate of drug-likeness (QED) is 0.226. The van der Waals surface area contributed by atoms with Crippen molar-refractivity contribution in [2.45, 2.75) is 0 Å². The largest absolute Gasteiger partial charge is 0.310 e. The number of thiophene rings is 1. The van der Waals surface area contributed by atoms with Crippen molar-refractivity contribution in [3.63, 3.8) is 0 Å². The van der Waals surface area contributed by atoms with Crippen molar-refractivity contribution < 1.29 is 0 Å². The van der Waals surface area contributed by atoms with Crippen LogP contribution in [0.3, 0.4) is 0 Å². The standard InChI is InChI=1S/C36H24N2S/c1-4-12-25(13-5-1)37(26-14-6-2-7-15-26)28-20-22-32-31(24-28)35-33(38(32)27-16-8-3-9-17-27)23-21-30-29-18-10-11-19-34(29)39-36(30)35/h1-24H. The fourth-order valence-corrected chi connectivity index (χ4v) is 7.13. The maximum absolute atomic E-state index is 2.41. The predicted molar refractivity (Wildman–Crippen MR) is 168 cm³/mol. The van der Waals surface area contributed by atoms with E-state index in [1.807, 2.05) is 11.3 Å². The lowest BCUT2D eigenvalue weighted by molar-refractivity contribution is 1.18. The summed E-state index contributed by atoms with van der Waals surface area (Å²) >= 11 is 1.89. The zero-order valence-electron chi connectivity index (χ0n) is 21.2. The summed E-state index contributed by atoms with van der Waals surface area (Å²) in [6.45, 7) is 0. The summed E-state index contributed by atoms with van der Waals surface area (Å²) in [7, 11) is 0. The van der Waals surface area contributed by atoms with Crippen molar-refractivity contribution in [3.05, 3.63) is 146 Å². The van der Waals surface area contributed by atoms with Gasteiger partial charge in [-0.05, 0) is 66.7 Å². The minimum atomic E-state index is 1.14. The molecule has 0 saturated heterocycles. The second-order valence-corrected chi connectivity index (χ2v) is 10.9. The number of para-hydroxylation sites is 3. The van der Waals surface area contributed by atoms with Crippen LogP contribution in [0.5, 0.6) is 0 Å². The number of rotatable bonds is 4. The van der Waals surface area contributed by atoms with Crippen LogP contribution in [0, 0.1) is 0 Å². The number of aromatic nitrogens is 1. The van der Waals surface area contributed by atoms with E-state index in [2.05, 4.69) is 155 Å². The first-order chi connectivity index (χ1) is 19.4. The summed E-state index contributed by atoms with van der Waals surface area (Å²) in [5, 5.41) is 5.23. The van der Waals surface area contributed by atoms with Crippen molar-refractivity contribution in [1.82, 2.24) is 4.57 Å². The van der Waals surface area contributed by atoms with E-state index in [1.165, 1.54) is 47.7 Å². The lowest BCUT2D eigenvalue weighted by Gasteiger charge is -2.25. The molecular weight excluding hydrogens is 492 g/mol. The highest BCUT2D eigenvalue weighted by Crippen LogP contribution is 2.45. The highest BCUT2D eigenvalue weighted by molar-refractivity contribution is 7.26. The summed E-state index contributed by atoms with van der Waals surface area (Å²) in [5.41, 5.74) is 7.05. The molecule has 0 unspecified atom stereocenters. The Morgan fingerprint density at radius 1 is 0.462 bits per heavy atom. The Balaban J connectivity index is 1.49. The van der Waals surface area contributed by atoms with Gasteiger partial charge < -0.3 is 9.47 Å². The number of hydrogen-bond acceptors (Lipinski definition) is 2. The lowest BCUT2D eigenvalue weighted by Crippen LogP contribution is -2.09. The van der Waals surface area contributed by atoms with E-state index in [4.69, 9.17) is 0 Å². The van der Waals surface area contributed by atoms with Gasteiger partial charge in [0.25, 0.3) is 0 Å². The van der Waals surface area contributed by atoms with Crippen molar-refractivity contribution in [3.8, 4) is 5.69 Å². The molecule has 0 radical (unpaired) electrons. The number of anilines is 3. The zero-order valence-corrected chi connectivity index (χ0v) is 22.0. The molecule has 0 saturated carbocycles. The minimum Gasteiger partial charge on any atom is -0.310 e. The summed E-state index contributed by atoms with van der Waals surface area (Å²) in [6, 6.07) is 52.2. The first kappa shape index (κ1) is 22.2. The SMILES string of the molecule is c1ccc(N(c2ccccc2)c2ccc3c(c2)c2c4sc5ccccc5c4ccc2n3-c2ccccc2)cc1. The van der Waals surface area contributed by atoms with Gasteiger partial charge in [-0.25, -0.2) is 0 Å². The summed E-state index contributed by atoms with van der Waals surface area (Å²) in [6.07, 6.45) is 0. The maximum Gasteiger partial charge on any atom is 0.0555 e. The molecule has 0 fully saturated rings. The van der Waals surface area contributed by atoms with Gasteiger partial charge in [0.05, 0.1) is 11.0 Å². The van der Waals surface area contributed by atoms with Gasteiger partial charge in [0.1, 0.15) is 0 Å². The van der Waals surface area contributed by atoms with Crippen molar-refractivity contribution in [1.29, 1.82) is 0 Å². The van der Waals surface area contributed by atoms with Crippen LogP contribution in [0.2, 0.25) is 0 Å². The zero-order chi connectivity index (χ0) is 25.8. The average molecular weight is 517 g/mol. The van der Waals surface area contributed by atoms with Crippen LogP contribution in [-0.4, -0.2) is 4.57 Å². The molecule has 3 heteroatoms. The molecule has 0 aliphatic heterocycles. The summed E-state index contributed by atoms with van der Waals surface area (Å²) < 4.78 is 5.08. The van der Waals surface area contributed by atoms with Crippen LogP contribution < -0.4 is 4.90 Å². The van der Waals surface area contributed by atoms with Crippen molar-refractivity contribution in [2.24, 2.45) is 0 Å². The van der Waals surface area contributed by atoms with Crippen LogP contribution in [0.15, 0.2) is 146 Å². The Hall–Kier alpha value is -4.86. The van der Waals surface area contributed by atoms with Crippen LogP contribution >= 0.6 is 11.3 Å². The molecule has 0 bridgehead atoms. The molecule has 8 rings (SSSR count). The topological polar surface area (TPSA) is 8.17 Å². The van der Waals surface area contributed by atoms with Crippen molar-refractivity contribution in [2.75, 3.05) is 4.90 Å². The highest BCUT2D eigenvalue weighted by atomic mass is 32.1. The Morgan fingerprint density at radius 3 is 1.79 bits per heavy atom.